The van der Waals surface area contributed by atoms with E-state index < -0.39 is 0 Å². The Hall–Kier alpha value is -0.510. The molecule has 0 radical (unpaired) electrons. The molecule has 1 aliphatic heterocycles. The smallest absolute Gasteiger partial charge is 0.0621 e. The number of fused-ring (bicyclic) bond motifs is 1. The Kier molecular flexibility index (Phi) is 5.74. The van der Waals surface area contributed by atoms with Crippen LogP contribution in [0.3, 0.4) is 0 Å². The highest BCUT2D eigenvalue weighted by Crippen LogP contribution is 2.36. The molecule has 1 aromatic carbocycles. The third-order valence-electron chi connectivity index (χ3n) is 3.63. The quantitative estimate of drug-likeness (QED) is 0.827. The summed E-state index contributed by atoms with van der Waals surface area (Å²) in [7, 11) is 0. The molecule has 0 spiro atoms. The molecular formula is C16H25NOS. The van der Waals surface area contributed by atoms with E-state index in [1.807, 2.05) is 11.8 Å². The van der Waals surface area contributed by atoms with Crippen LogP contribution in [0.15, 0.2) is 29.2 Å². The average Bonchev–Trinajstić information content (AvgIpc) is 2.81. The van der Waals surface area contributed by atoms with Crippen LogP contribution in [0.25, 0.3) is 0 Å². The summed E-state index contributed by atoms with van der Waals surface area (Å²) in [5.74, 6) is 0.611. The summed E-state index contributed by atoms with van der Waals surface area (Å²) in [6.07, 6.45) is 1.19. The van der Waals surface area contributed by atoms with Gasteiger partial charge in [0.2, 0.25) is 0 Å². The van der Waals surface area contributed by atoms with E-state index in [0.29, 0.717) is 17.2 Å². The van der Waals surface area contributed by atoms with Gasteiger partial charge in [-0.2, -0.15) is 0 Å². The molecule has 0 amide bonds. The van der Waals surface area contributed by atoms with Crippen molar-refractivity contribution < 1.29 is 4.74 Å². The van der Waals surface area contributed by atoms with Crippen molar-refractivity contribution in [2.45, 2.75) is 43.4 Å². The molecular weight excluding hydrogens is 254 g/mol. The molecule has 1 heterocycles. The standard InChI is InChI=1S/C16H25NOS/c1-4-18-11-15(12(2)3)17-10-14-9-13-7-5-6-8-16(13)19-14/h5-8,12,14-15,17H,4,9-11H2,1-3H3. The topological polar surface area (TPSA) is 21.3 Å². The van der Waals surface area contributed by atoms with Gasteiger partial charge in [-0.15, -0.1) is 11.8 Å². The highest BCUT2D eigenvalue weighted by molar-refractivity contribution is 8.00. The Morgan fingerprint density at radius 1 is 1.37 bits per heavy atom. The maximum absolute atomic E-state index is 5.56. The highest BCUT2D eigenvalue weighted by atomic mass is 32.2. The van der Waals surface area contributed by atoms with Crippen LogP contribution in [0, 0.1) is 5.92 Å². The van der Waals surface area contributed by atoms with Crippen molar-refractivity contribution in [1.82, 2.24) is 5.32 Å². The maximum Gasteiger partial charge on any atom is 0.0621 e. The molecule has 2 rings (SSSR count). The van der Waals surface area contributed by atoms with Crippen LogP contribution in [0.5, 0.6) is 0 Å². The molecule has 0 saturated carbocycles. The number of nitrogens with one attached hydrogen (secondary N) is 1. The first kappa shape index (κ1) is 14.9. The third kappa shape index (κ3) is 4.23. The van der Waals surface area contributed by atoms with Gasteiger partial charge in [-0.25, -0.2) is 0 Å². The second-order valence-electron chi connectivity index (χ2n) is 5.47. The van der Waals surface area contributed by atoms with Crippen LogP contribution in [0.1, 0.15) is 26.3 Å². The molecule has 2 nitrogen and oxygen atoms in total. The molecule has 0 saturated heterocycles. The Morgan fingerprint density at radius 2 is 2.16 bits per heavy atom. The lowest BCUT2D eigenvalue weighted by molar-refractivity contribution is 0.108. The largest absolute Gasteiger partial charge is 0.380 e. The van der Waals surface area contributed by atoms with E-state index in [1.54, 1.807) is 0 Å². The Morgan fingerprint density at radius 3 is 2.84 bits per heavy atom. The van der Waals surface area contributed by atoms with E-state index in [4.69, 9.17) is 4.74 Å². The molecule has 0 aromatic heterocycles. The molecule has 0 fully saturated rings. The van der Waals surface area contributed by atoms with Crippen molar-refractivity contribution in [3.05, 3.63) is 29.8 Å². The Bertz CT molecular complexity index is 369. The fourth-order valence-corrected chi connectivity index (χ4v) is 3.64. The molecule has 2 atom stereocenters. The molecule has 1 aromatic rings. The average molecular weight is 279 g/mol. The minimum Gasteiger partial charge on any atom is -0.380 e. The van der Waals surface area contributed by atoms with Crippen molar-refractivity contribution in [3.8, 4) is 0 Å². The SMILES string of the molecule is CCOCC(NCC1Cc2ccccc2S1)C(C)C. The number of hydrogen-bond donors (Lipinski definition) is 1. The lowest BCUT2D eigenvalue weighted by Gasteiger charge is -2.23. The number of hydrogen-bond acceptors (Lipinski definition) is 3. The van der Waals surface area contributed by atoms with E-state index in [1.165, 1.54) is 16.9 Å². The summed E-state index contributed by atoms with van der Waals surface area (Å²) in [6, 6.07) is 9.22. The van der Waals surface area contributed by atoms with Gasteiger partial charge < -0.3 is 10.1 Å². The van der Waals surface area contributed by atoms with Gasteiger partial charge in [-0.1, -0.05) is 32.0 Å². The lowest BCUT2D eigenvalue weighted by atomic mass is 10.0. The van der Waals surface area contributed by atoms with Crippen molar-refractivity contribution >= 4 is 11.8 Å². The fourth-order valence-electron chi connectivity index (χ4n) is 2.38. The van der Waals surface area contributed by atoms with Crippen LogP contribution in [0.4, 0.5) is 0 Å². The third-order valence-corrected chi connectivity index (χ3v) is 4.95. The fraction of sp³-hybridized carbons (Fsp3) is 0.625. The summed E-state index contributed by atoms with van der Waals surface area (Å²) >= 11 is 2.01. The number of rotatable bonds is 7. The van der Waals surface area contributed by atoms with Gasteiger partial charge in [-0.05, 0) is 30.9 Å². The molecule has 2 unspecified atom stereocenters. The first-order valence-electron chi connectivity index (χ1n) is 7.26. The molecule has 0 bridgehead atoms. The summed E-state index contributed by atoms with van der Waals surface area (Å²) in [4.78, 5) is 1.46. The lowest BCUT2D eigenvalue weighted by Crippen LogP contribution is -2.41. The van der Waals surface area contributed by atoms with Crippen LogP contribution in [-0.2, 0) is 11.2 Å². The zero-order valence-corrected chi connectivity index (χ0v) is 13.0. The summed E-state index contributed by atoms with van der Waals surface area (Å²) in [5, 5.41) is 4.35. The summed E-state index contributed by atoms with van der Waals surface area (Å²) < 4.78 is 5.56. The molecule has 1 aliphatic rings. The van der Waals surface area contributed by atoms with Crippen molar-refractivity contribution in [1.29, 1.82) is 0 Å². The second kappa shape index (κ2) is 7.32. The van der Waals surface area contributed by atoms with Crippen LogP contribution >= 0.6 is 11.8 Å². The number of benzene rings is 1. The minimum atomic E-state index is 0.462. The van der Waals surface area contributed by atoms with Gasteiger partial charge in [0.15, 0.2) is 0 Å². The Labute approximate surface area is 121 Å². The zero-order chi connectivity index (χ0) is 13.7. The molecule has 3 heteroatoms. The predicted octanol–water partition coefficient (Wildman–Crippen LogP) is 3.35. The van der Waals surface area contributed by atoms with E-state index in [-0.39, 0.29) is 0 Å². The van der Waals surface area contributed by atoms with Gasteiger partial charge in [0.25, 0.3) is 0 Å². The van der Waals surface area contributed by atoms with Crippen LogP contribution in [0.2, 0.25) is 0 Å². The number of ether oxygens (including phenoxy) is 1. The molecule has 1 N–H and O–H groups in total. The van der Waals surface area contributed by atoms with E-state index in [2.05, 4.69) is 50.4 Å². The van der Waals surface area contributed by atoms with Crippen molar-refractivity contribution in [2.75, 3.05) is 19.8 Å². The molecule has 106 valence electrons. The summed E-state index contributed by atoms with van der Waals surface area (Å²) in [5.41, 5.74) is 1.50. The van der Waals surface area contributed by atoms with Crippen LogP contribution in [-0.4, -0.2) is 31.1 Å². The minimum absolute atomic E-state index is 0.462. The second-order valence-corrected chi connectivity index (χ2v) is 6.81. The highest BCUT2D eigenvalue weighted by Gasteiger charge is 2.23. The maximum atomic E-state index is 5.56. The van der Waals surface area contributed by atoms with Gasteiger partial charge in [0.05, 0.1) is 6.61 Å². The Balaban J connectivity index is 1.80. The van der Waals surface area contributed by atoms with E-state index in [0.717, 1.165) is 19.8 Å². The van der Waals surface area contributed by atoms with Crippen molar-refractivity contribution in [3.63, 3.8) is 0 Å². The zero-order valence-electron chi connectivity index (χ0n) is 12.2. The summed E-state index contributed by atoms with van der Waals surface area (Å²) in [6.45, 7) is 9.25. The van der Waals surface area contributed by atoms with Gasteiger partial charge in [-0.3, -0.25) is 0 Å². The first-order chi connectivity index (χ1) is 9.20. The molecule has 0 aliphatic carbocycles. The van der Waals surface area contributed by atoms with Gasteiger partial charge >= 0.3 is 0 Å². The van der Waals surface area contributed by atoms with Crippen molar-refractivity contribution in [2.24, 2.45) is 5.92 Å². The predicted molar refractivity (Wildman–Crippen MR) is 82.9 cm³/mol. The number of thioether (sulfide) groups is 1. The van der Waals surface area contributed by atoms with Crippen LogP contribution < -0.4 is 5.32 Å². The monoisotopic (exact) mass is 279 g/mol. The first-order valence-corrected chi connectivity index (χ1v) is 8.14. The van der Waals surface area contributed by atoms with E-state index in [9.17, 15) is 0 Å². The normalized spacial score (nSPS) is 19.7. The van der Waals surface area contributed by atoms with E-state index >= 15 is 0 Å². The van der Waals surface area contributed by atoms with Gasteiger partial charge in [0.1, 0.15) is 0 Å². The molecule has 19 heavy (non-hydrogen) atoms. The van der Waals surface area contributed by atoms with Gasteiger partial charge in [0, 0.05) is 29.3 Å².